The van der Waals surface area contributed by atoms with Crippen LogP contribution in [0.4, 0.5) is 5.95 Å². The van der Waals surface area contributed by atoms with Crippen molar-refractivity contribution < 1.29 is 0 Å². The smallest absolute Gasteiger partial charge is 0.225 e. The number of hydrogen-bond donors (Lipinski definition) is 0. The molecule has 1 aliphatic rings. The van der Waals surface area contributed by atoms with E-state index in [0.29, 0.717) is 6.04 Å². The zero-order chi connectivity index (χ0) is 15.3. The van der Waals surface area contributed by atoms with Gasteiger partial charge in [0.25, 0.3) is 0 Å². The Balaban J connectivity index is 1.61. The van der Waals surface area contributed by atoms with Crippen molar-refractivity contribution >= 4 is 17.0 Å². The molecule has 0 spiro atoms. The molecule has 0 radical (unpaired) electrons. The second-order valence-electron chi connectivity index (χ2n) is 6.03. The number of rotatable bonds is 2. The van der Waals surface area contributed by atoms with E-state index in [-0.39, 0.29) is 0 Å². The first kappa shape index (κ1) is 13.2. The molecule has 1 aliphatic heterocycles. The van der Waals surface area contributed by atoms with Gasteiger partial charge in [-0.15, -0.1) is 0 Å². The van der Waals surface area contributed by atoms with E-state index in [1.54, 1.807) is 0 Å². The van der Waals surface area contributed by atoms with Gasteiger partial charge in [-0.3, -0.25) is 0 Å². The van der Waals surface area contributed by atoms with E-state index >= 15 is 0 Å². The number of aromatic nitrogens is 4. The van der Waals surface area contributed by atoms with Crippen LogP contribution in [-0.2, 0) is 0 Å². The van der Waals surface area contributed by atoms with Crippen LogP contribution < -0.4 is 4.90 Å². The van der Waals surface area contributed by atoms with Gasteiger partial charge in [-0.25, -0.2) is 15.0 Å². The minimum absolute atomic E-state index is 0.441. The van der Waals surface area contributed by atoms with Crippen molar-refractivity contribution in [1.82, 2.24) is 19.5 Å². The van der Waals surface area contributed by atoms with Crippen LogP contribution in [0.1, 0.15) is 23.3 Å². The topological polar surface area (TPSA) is 46.8 Å². The number of hydrogen-bond acceptors (Lipinski definition) is 4. The van der Waals surface area contributed by atoms with Crippen molar-refractivity contribution in [2.45, 2.75) is 26.8 Å². The summed E-state index contributed by atoms with van der Waals surface area (Å²) in [6.07, 6.45) is 0. The summed E-state index contributed by atoms with van der Waals surface area (Å²) < 4.78 is 2.34. The van der Waals surface area contributed by atoms with E-state index in [9.17, 15) is 0 Å². The van der Waals surface area contributed by atoms with Gasteiger partial charge in [-0.1, -0.05) is 12.1 Å². The molecule has 22 heavy (non-hydrogen) atoms. The lowest BCUT2D eigenvalue weighted by molar-refractivity contribution is 0.395. The number of anilines is 1. The van der Waals surface area contributed by atoms with Crippen LogP contribution in [0.5, 0.6) is 0 Å². The molecule has 0 aliphatic carbocycles. The van der Waals surface area contributed by atoms with E-state index in [2.05, 4.69) is 49.5 Å². The SMILES string of the molecule is Cc1cc(C)nc(N2CC(n3c(C)nc4ccccc43)C2)n1. The summed E-state index contributed by atoms with van der Waals surface area (Å²) in [7, 11) is 0. The van der Waals surface area contributed by atoms with Crippen LogP contribution in [0.25, 0.3) is 11.0 Å². The van der Waals surface area contributed by atoms with Crippen LogP contribution in [0.2, 0.25) is 0 Å². The number of para-hydroxylation sites is 2. The quantitative estimate of drug-likeness (QED) is 0.729. The highest BCUT2D eigenvalue weighted by Gasteiger charge is 2.32. The molecule has 0 N–H and O–H groups in total. The van der Waals surface area contributed by atoms with Gasteiger partial charge in [0, 0.05) is 24.5 Å². The summed E-state index contributed by atoms with van der Waals surface area (Å²) in [5.41, 5.74) is 4.33. The summed E-state index contributed by atoms with van der Waals surface area (Å²) in [6.45, 7) is 7.98. The van der Waals surface area contributed by atoms with Crippen molar-refractivity contribution in [2.75, 3.05) is 18.0 Å². The molecule has 3 aromatic rings. The van der Waals surface area contributed by atoms with Crippen LogP contribution in [0.15, 0.2) is 30.3 Å². The molecule has 0 bridgehead atoms. The van der Waals surface area contributed by atoms with Gasteiger partial charge >= 0.3 is 0 Å². The number of aryl methyl sites for hydroxylation is 3. The van der Waals surface area contributed by atoms with Crippen LogP contribution >= 0.6 is 0 Å². The third-order valence-electron chi connectivity index (χ3n) is 4.25. The Hall–Kier alpha value is -2.43. The first-order valence-corrected chi connectivity index (χ1v) is 7.62. The number of nitrogens with zero attached hydrogens (tertiary/aromatic N) is 5. The fraction of sp³-hybridized carbons (Fsp3) is 0.353. The third-order valence-corrected chi connectivity index (χ3v) is 4.25. The minimum Gasteiger partial charge on any atom is -0.337 e. The van der Waals surface area contributed by atoms with Crippen LogP contribution in [0, 0.1) is 20.8 Å². The number of fused-ring (bicyclic) bond motifs is 1. The lowest BCUT2D eigenvalue weighted by Gasteiger charge is -2.40. The molecular weight excluding hydrogens is 274 g/mol. The number of imidazole rings is 1. The van der Waals surface area contributed by atoms with Crippen LogP contribution in [0.3, 0.4) is 0 Å². The summed E-state index contributed by atoms with van der Waals surface area (Å²) in [5, 5.41) is 0. The molecule has 3 heterocycles. The second kappa shape index (κ2) is 4.80. The Morgan fingerprint density at radius 2 is 1.64 bits per heavy atom. The fourth-order valence-electron chi connectivity index (χ4n) is 3.26. The largest absolute Gasteiger partial charge is 0.337 e. The minimum atomic E-state index is 0.441. The Morgan fingerprint density at radius 3 is 2.36 bits per heavy atom. The van der Waals surface area contributed by atoms with Crippen molar-refractivity contribution in [1.29, 1.82) is 0 Å². The van der Waals surface area contributed by atoms with E-state index < -0.39 is 0 Å². The fourth-order valence-corrected chi connectivity index (χ4v) is 3.26. The molecule has 2 aromatic heterocycles. The number of benzene rings is 1. The average Bonchev–Trinajstić information content (AvgIpc) is 2.73. The third kappa shape index (κ3) is 2.04. The van der Waals surface area contributed by atoms with E-state index in [1.807, 2.05) is 26.0 Å². The van der Waals surface area contributed by atoms with Gasteiger partial charge in [-0.2, -0.15) is 0 Å². The predicted octanol–water partition coefficient (Wildman–Crippen LogP) is 2.81. The van der Waals surface area contributed by atoms with Crippen molar-refractivity contribution in [2.24, 2.45) is 0 Å². The molecule has 5 nitrogen and oxygen atoms in total. The zero-order valence-corrected chi connectivity index (χ0v) is 13.1. The zero-order valence-electron chi connectivity index (χ0n) is 13.1. The molecule has 0 saturated carbocycles. The van der Waals surface area contributed by atoms with Gasteiger partial charge < -0.3 is 9.47 Å². The van der Waals surface area contributed by atoms with Gasteiger partial charge in [0.05, 0.1) is 17.1 Å². The lowest BCUT2D eigenvalue weighted by atomic mass is 10.1. The maximum atomic E-state index is 4.66. The Morgan fingerprint density at radius 1 is 0.955 bits per heavy atom. The highest BCUT2D eigenvalue weighted by Crippen LogP contribution is 2.30. The monoisotopic (exact) mass is 293 g/mol. The standard InChI is InChI=1S/C17H19N5/c1-11-8-12(2)19-17(18-11)21-9-14(10-21)22-13(3)20-15-6-4-5-7-16(15)22/h4-8,14H,9-10H2,1-3H3. The van der Waals surface area contributed by atoms with Gasteiger partial charge in [-0.05, 0) is 39.0 Å². The van der Waals surface area contributed by atoms with E-state index in [4.69, 9.17) is 0 Å². The van der Waals surface area contributed by atoms with Crippen molar-refractivity contribution in [3.8, 4) is 0 Å². The highest BCUT2D eigenvalue weighted by molar-refractivity contribution is 5.76. The van der Waals surface area contributed by atoms with Crippen molar-refractivity contribution in [3.05, 3.63) is 47.5 Å². The first-order valence-electron chi connectivity index (χ1n) is 7.62. The summed E-state index contributed by atoms with van der Waals surface area (Å²) in [6, 6.07) is 10.8. The Kier molecular flexibility index (Phi) is 2.89. The van der Waals surface area contributed by atoms with Gasteiger partial charge in [0.2, 0.25) is 5.95 Å². The highest BCUT2D eigenvalue weighted by atomic mass is 15.3. The normalized spacial score (nSPS) is 15.3. The molecule has 1 aromatic carbocycles. The average molecular weight is 293 g/mol. The first-order chi connectivity index (χ1) is 10.6. The molecule has 1 saturated heterocycles. The molecule has 5 heteroatoms. The summed E-state index contributed by atoms with van der Waals surface area (Å²) in [5.74, 6) is 1.92. The maximum Gasteiger partial charge on any atom is 0.225 e. The van der Waals surface area contributed by atoms with Crippen molar-refractivity contribution in [3.63, 3.8) is 0 Å². The second-order valence-corrected chi connectivity index (χ2v) is 6.03. The molecule has 0 atom stereocenters. The summed E-state index contributed by atoms with van der Waals surface area (Å²) >= 11 is 0. The Labute approximate surface area is 129 Å². The molecular formula is C17H19N5. The summed E-state index contributed by atoms with van der Waals surface area (Å²) in [4.78, 5) is 16.0. The predicted molar refractivity (Wildman–Crippen MR) is 87.2 cm³/mol. The van der Waals surface area contributed by atoms with Gasteiger partial charge in [0.15, 0.2) is 0 Å². The molecule has 112 valence electrons. The van der Waals surface area contributed by atoms with Crippen LogP contribution in [-0.4, -0.2) is 32.6 Å². The molecule has 0 amide bonds. The molecule has 0 unspecified atom stereocenters. The Bertz CT molecular complexity index is 825. The molecule has 4 rings (SSSR count). The van der Waals surface area contributed by atoms with Gasteiger partial charge in [0.1, 0.15) is 5.82 Å². The lowest BCUT2D eigenvalue weighted by Crippen LogP contribution is -2.49. The maximum absolute atomic E-state index is 4.66. The van der Waals surface area contributed by atoms with E-state index in [1.165, 1.54) is 5.52 Å². The molecule has 1 fully saturated rings. The van der Waals surface area contributed by atoms with E-state index in [0.717, 1.165) is 41.8 Å².